The molecule has 11 heteroatoms. The van der Waals surface area contributed by atoms with Gasteiger partial charge in [-0.1, -0.05) is 54.6 Å². The number of carbonyl (C=O) groups is 1. The molecule has 1 amide bonds. The third kappa shape index (κ3) is 9.26. The van der Waals surface area contributed by atoms with E-state index in [-0.39, 0.29) is 42.7 Å². The van der Waals surface area contributed by atoms with E-state index in [1.54, 1.807) is 31.2 Å². The molecule has 4 unspecified atom stereocenters. The number of halogens is 1. The number of piperidine rings is 1. The van der Waals surface area contributed by atoms with E-state index in [9.17, 15) is 9.18 Å². The first kappa shape index (κ1) is 37.5. The first-order valence-electron chi connectivity index (χ1n) is 19.0. The average molecular weight is 739 g/mol. The summed E-state index contributed by atoms with van der Waals surface area (Å²) in [5.74, 6) is 1.28. The van der Waals surface area contributed by atoms with Gasteiger partial charge >= 0.3 is 6.09 Å². The van der Waals surface area contributed by atoms with Gasteiger partial charge in [0.2, 0.25) is 0 Å². The van der Waals surface area contributed by atoms with Crippen molar-refractivity contribution >= 4 is 17.5 Å². The molecule has 4 aromatic rings. The van der Waals surface area contributed by atoms with Crippen molar-refractivity contribution in [3.63, 3.8) is 0 Å². The number of amides is 1. The third-order valence-electron chi connectivity index (χ3n) is 10.6. The lowest BCUT2D eigenvalue weighted by Gasteiger charge is -2.42. The summed E-state index contributed by atoms with van der Waals surface area (Å²) in [6.45, 7) is 6.40. The molecule has 4 aromatic carbocycles. The number of anilines is 2. The Bertz CT molecular complexity index is 1810. The monoisotopic (exact) mass is 738 g/mol. The van der Waals surface area contributed by atoms with Crippen molar-refractivity contribution in [2.24, 2.45) is 0 Å². The smallest absolute Gasteiger partial charge is 0.410 e. The molecular formula is C43H51FN4O6. The van der Waals surface area contributed by atoms with Crippen LogP contribution in [0.2, 0.25) is 0 Å². The Balaban J connectivity index is 1.06. The van der Waals surface area contributed by atoms with Gasteiger partial charge in [0, 0.05) is 65.0 Å². The summed E-state index contributed by atoms with van der Waals surface area (Å²) in [5.41, 5.74) is 4.99. The molecule has 2 fully saturated rings. The van der Waals surface area contributed by atoms with Crippen molar-refractivity contribution in [1.29, 1.82) is 0 Å². The van der Waals surface area contributed by atoms with Gasteiger partial charge in [-0.3, -0.25) is 0 Å². The van der Waals surface area contributed by atoms with E-state index in [2.05, 4.69) is 39.4 Å². The van der Waals surface area contributed by atoms with Gasteiger partial charge in [-0.2, -0.15) is 0 Å². The molecule has 3 aliphatic rings. The number of hydrogen-bond donors (Lipinski definition) is 1. The lowest BCUT2D eigenvalue weighted by molar-refractivity contribution is -0.0162. The van der Waals surface area contributed by atoms with E-state index in [0.29, 0.717) is 39.5 Å². The first-order chi connectivity index (χ1) is 26.4. The number of rotatable bonds is 14. The molecule has 4 atom stereocenters. The van der Waals surface area contributed by atoms with Crippen LogP contribution in [-0.4, -0.2) is 95.9 Å². The zero-order valence-electron chi connectivity index (χ0n) is 31.2. The molecule has 3 aliphatic heterocycles. The quantitative estimate of drug-likeness (QED) is 0.144. The highest BCUT2D eigenvalue weighted by Gasteiger charge is 2.40. The number of likely N-dealkylation sites (N-methyl/N-ethyl adjacent to an activating group) is 1. The Kier molecular flexibility index (Phi) is 12.5. The summed E-state index contributed by atoms with van der Waals surface area (Å²) in [4.78, 5) is 19.7. The summed E-state index contributed by atoms with van der Waals surface area (Å²) < 4.78 is 44.1. The molecule has 0 aromatic heterocycles. The van der Waals surface area contributed by atoms with Gasteiger partial charge in [-0.15, -0.1) is 0 Å². The van der Waals surface area contributed by atoms with Crippen LogP contribution in [0.4, 0.5) is 20.6 Å². The number of nitrogens with one attached hydrogen (secondary N) is 1. The van der Waals surface area contributed by atoms with E-state index >= 15 is 0 Å². The largest absolute Gasteiger partial charge is 0.490 e. The maximum atomic E-state index is 13.9. The fourth-order valence-electron chi connectivity index (χ4n) is 7.75. The topological polar surface area (TPSA) is 85.0 Å². The van der Waals surface area contributed by atoms with Crippen LogP contribution in [0.5, 0.6) is 11.5 Å². The molecular weight excluding hydrogens is 687 g/mol. The molecule has 0 aliphatic carbocycles. The van der Waals surface area contributed by atoms with Crippen LogP contribution in [0.1, 0.15) is 35.4 Å². The van der Waals surface area contributed by atoms with Gasteiger partial charge in [-0.05, 0) is 65.6 Å². The van der Waals surface area contributed by atoms with E-state index < -0.39 is 0 Å². The van der Waals surface area contributed by atoms with Crippen LogP contribution in [0.15, 0.2) is 97.1 Å². The Labute approximate surface area is 317 Å². The normalized spacial score (nSPS) is 20.9. The molecule has 286 valence electrons. The average Bonchev–Trinajstić information content (AvgIpc) is 3.68. The minimum absolute atomic E-state index is 0.00901. The lowest BCUT2D eigenvalue weighted by atomic mass is 9.83. The maximum Gasteiger partial charge on any atom is 0.410 e. The van der Waals surface area contributed by atoms with Crippen molar-refractivity contribution in [2.75, 3.05) is 76.4 Å². The number of benzene rings is 4. The Morgan fingerprint density at radius 2 is 1.80 bits per heavy atom. The van der Waals surface area contributed by atoms with E-state index in [1.165, 1.54) is 6.07 Å². The van der Waals surface area contributed by atoms with Gasteiger partial charge in [-0.25, -0.2) is 9.18 Å². The van der Waals surface area contributed by atoms with Gasteiger partial charge in [0.25, 0.3) is 0 Å². The number of fused-ring (bicyclic) bond motifs is 1. The maximum absolute atomic E-state index is 13.9. The SMILES string of the molecule is COCCCN1CCOc2ccc(COC3CNCC(N(C)C(=O)OCc4ccccc4)C3c3ccc(OC4CCN(c5cccc(F)c5)C4)cc3)cc21. The molecule has 7 rings (SSSR count). The standard InChI is InChI=1S/C43H51FN4O6/c1-46(43(49)53-29-31-8-4-3-5-9-31)39-26-45-27-41(52-30-32-12-17-40-38(24-32)47(21-23-51-40)19-7-22-50-2)42(39)33-13-15-36(16-14-33)54-37-18-20-48(28-37)35-11-6-10-34(44)25-35/h3-6,8-17,24-25,37,39,41-42,45H,7,18-23,26-30H2,1-2H3. The molecule has 2 saturated heterocycles. The Morgan fingerprint density at radius 1 is 0.944 bits per heavy atom. The molecule has 3 heterocycles. The highest BCUT2D eigenvalue weighted by molar-refractivity contribution is 5.68. The molecule has 0 saturated carbocycles. The molecule has 0 radical (unpaired) electrons. The molecule has 10 nitrogen and oxygen atoms in total. The number of carbonyl (C=O) groups excluding carboxylic acids is 1. The van der Waals surface area contributed by atoms with Gasteiger partial charge in [0.15, 0.2) is 0 Å². The van der Waals surface area contributed by atoms with Gasteiger partial charge < -0.3 is 43.7 Å². The zero-order valence-corrected chi connectivity index (χ0v) is 31.2. The highest BCUT2D eigenvalue weighted by atomic mass is 19.1. The second kappa shape index (κ2) is 18.0. The summed E-state index contributed by atoms with van der Waals surface area (Å²) >= 11 is 0. The summed E-state index contributed by atoms with van der Waals surface area (Å²) in [5, 5.41) is 3.53. The predicted molar refractivity (Wildman–Crippen MR) is 207 cm³/mol. The fourth-order valence-corrected chi connectivity index (χ4v) is 7.75. The van der Waals surface area contributed by atoms with Crippen LogP contribution < -0.4 is 24.6 Å². The Hall–Kier alpha value is -4.84. The minimum atomic E-state index is -0.386. The summed E-state index contributed by atoms with van der Waals surface area (Å²) in [6, 6.07) is 30.6. The second-order valence-electron chi connectivity index (χ2n) is 14.3. The van der Waals surface area contributed by atoms with Crippen molar-refractivity contribution in [3.8, 4) is 11.5 Å². The van der Waals surface area contributed by atoms with Crippen LogP contribution in [0.3, 0.4) is 0 Å². The van der Waals surface area contributed by atoms with E-state index in [0.717, 1.165) is 72.0 Å². The van der Waals surface area contributed by atoms with Crippen LogP contribution in [0.25, 0.3) is 0 Å². The zero-order chi connectivity index (χ0) is 37.3. The molecule has 54 heavy (non-hydrogen) atoms. The van der Waals surface area contributed by atoms with Crippen LogP contribution >= 0.6 is 0 Å². The second-order valence-corrected chi connectivity index (χ2v) is 14.3. The predicted octanol–water partition coefficient (Wildman–Crippen LogP) is 6.63. The number of hydrogen-bond acceptors (Lipinski definition) is 9. The Morgan fingerprint density at radius 3 is 2.61 bits per heavy atom. The van der Waals surface area contributed by atoms with Crippen molar-refractivity contribution < 1.29 is 32.9 Å². The van der Waals surface area contributed by atoms with Crippen LogP contribution in [0, 0.1) is 5.82 Å². The van der Waals surface area contributed by atoms with E-state index in [1.807, 2.05) is 54.6 Å². The summed E-state index contributed by atoms with van der Waals surface area (Å²) in [6.07, 6.45) is 1.15. The van der Waals surface area contributed by atoms with Gasteiger partial charge in [0.1, 0.15) is 36.6 Å². The summed E-state index contributed by atoms with van der Waals surface area (Å²) in [7, 11) is 3.54. The third-order valence-corrected chi connectivity index (χ3v) is 10.6. The number of ether oxygens (including phenoxy) is 5. The van der Waals surface area contributed by atoms with Crippen LogP contribution in [-0.2, 0) is 27.4 Å². The number of methoxy groups -OCH3 is 1. The number of nitrogens with zero attached hydrogens (tertiary/aromatic N) is 3. The fraction of sp³-hybridized carbons (Fsp3) is 0.419. The highest BCUT2D eigenvalue weighted by Crippen LogP contribution is 2.36. The molecule has 0 bridgehead atoms. The van der Waals surface area contributed by atoms with Gasteiger partial charge in [0.05, 0.1) is 37.5 Å². The van der Waals surface area contributed by atoms with Crippen molar-refractivity contribution in [2.45, 2.75) is 50.2 Å². The molecule has 0 spiro atoms. The lowest BCUT2D eigenvalue weighted by Crippen LogP contribution is -2.57. The first-order valence-corrected chi connectivity index (χ1v) is 19.0. The minimum Gasteiger partial charge on any atom is -0.490 e. The van der Waals surface area contributed by atoms with Crippen molar-refractivity contribution in [1.82, 2.24) is 10.2 Å². The van der Waals surface area contributed by atoms with E-state index in [4.69, 9.17) is 23.7 Å². The molecule has 1 N–H and O–H groups in total. The van der Waals surface area contributed by atoms with Crippen molar-refractivity contribution in [3.05, 3.63) is 120 Å².